The van der Waals surface area contributed by atoms with Crippen LogP contribution in [0.4, 0.5) is 5.69 Å². The Labute approximate surface area is 107 Å². The molecule has 1 heterocycles. The van der Waals surface area contributed by atoms with Gasteiger partial charge in [0.05, 0.1) is 0 Å². The molecule has 0 saturated heterocycles. The Bertz CT molecular complexity index is 578. The number of aryl methyl sites for hydroxylation is 3. The average Bonchev–Trinajstić information content (AvgIpc) is 2.78. The quantitative estimate of drug-likeness (QED) is 0.899. The van der Waals surface area contributed by atoms with E-state index in [1.54, 1.807) is 6.92 Å². The minimum atomic E-state index is -0.193. The monoisotopic (exact) mass is 242 g/mol. The Morgan fingerprint density at radius 3 is 2.78 bits per heavy atom. The second-order valence-corrected chi connectivity index (χ2v) is 4.27. The molecule has 5 heteroatoms. The predicted molar refractivity (Wildman–Crippen MR) is 71.1 cm³/mol. The van der Waals surface area contributed by atoms with Gasteiger partial charge in [-0.15, -0.1) is 0 Å². The summed E-state index contributed by atoms with van der Waals surface area (Å²) in [7, 11) is 1.36. The predicted octanol–water partition coefficient (Wildman–Crippen LogP) is 2.44. The van der Waals surface area contributed by atoms with Crippen LogP contribution in [-0.4, -0.2) is 18.2 Å². The summed E-state index contributed by atoms with van der Waals surface area (Å²) in [5, 5.41) is 6.56. The number of aromatic nitrogens is 1. The first kappa shape index (κ1) is 12.5. The van der Waals surface area contributed by atoms with E-state index < -0.39 is 0 Å². The van der Waals surface area contributed by atoms with E-state index in [1.807, 2.05) is 19.1 Å². The fourth-order valence-corrected chi connectivity index (χ4v) is 1.79. The molecule has 0 saturated carbocycles. The van der Waals surface area contributed by atoms with Crippen molar-refractivity contribution in [1.29, 1.82) is 0 Å². The Morgan fingerprint density at radius 2 is 2.22 bits per heavy atom. The van der Waals surface area contributed by atoms with E-state index >= 15 is 0 Å². The molecule has 0 aliphatic heterocycles. The van der Waals surface area contributed by atoms with E-state index in [0.717, 1.165) is 17.7 Å². The van der Waals surface area contributed by atoms with Gasteiger partial charge in [0, 0.05) is 0 Å². The van der Waals surface area contributed by atoms with E-state index in [1.165, 1.54) is 12.7 Å². The fourth-order valence-electron chi connectivity index (χ4n) is 1.79. The molecule has 0 atom stereocenters. The summed E-state index contributed by atoms with van der Waals surface area (Å²) >= 11 is 0. The van der Waals surface area contributed by atoms with Crippen LogP contribution < -0.4 is 5.32 Å². The Kier molecular flexibility index (Phi) is 3.60. The van der Waals surface area contributed by atoms with E-state index in [4.69, 9.17) is 4.44 Å². The molecular formula is C13H15BN2O2. The zero-order valence-corrected chi connectivity index (χ0v) is 10.8. The maximum atomic E-state index is 12.0. The van der Waals surface area contributed by atoms with Crippen molar-refractivity contribution in [3.63, 3.8) is 0 Å². The Hall–Kier alpha value is -1.91. The standard InChI is InChI=1S/C13H15BN2O2/c1-4-10-5-6-11(8(2)7-10)15-13(17)12-9(3)16-18-14-12/h5-7H,4H2,1-3H3,(H,15,17). The fraction of sp³-hybridized carbons (Fsp3) is 0.308. The third-order valence-electron chi connectivity index (χ3n) is 2.94. The van der Waals surface area contributed by atoms with Gasteiger partial charge >= 0.3 is 106 Å². The molecule has 1 aromatic carbocycles. The summed E-state index contributed by atoms with van der Waals surface area (Å²) in [6, 6.07) is 6.02. The van der Waals surface area contributed by atoms with Gasteiger partial charge in [-0.25, -0.2) is 0 Å². The molecule has 0 aliphatic rings. The molecule has 1 N–H and O–H groups in total. The Morgan fingerprint density at radius 1 is 1.44 bits per heavy atom. The number of nitrogens with one attached hydrogen (secondary N) is 1. The molecule has 0 spiro atoms. The first-order chi connectivity index (χ1) is 8.61. The van der Waals surface area contributed by atoms with Gasteiger partial charge in [-0.05, 0) is 0 Å². The molecular weight excluding hydrogens is 227 g/mol. The molecule has 18 heavy (non-hydrogen) atoms. The zero-order chi connectivity index (χ0) is 13.1. The average molecular weight is 242 g/mol. The molecule has 4 nitrogen and oxygen atoms in total. The number of benzene rings is 1. The molecule has 1 aromatic heterocycles. The number of carbonyl (C=O) groups is 1. The van der Waals surface area contributed by atoms with E-state index in [-0.39, 0.29) is 5.91 Å². The van der Waals surface area contributed by atoms with Crippen molar-refractivity contribution in [2.45, 2.75) is 27.2 Å². The number of hydrogen-bond acceptors (Lipinski definition) is 3. The van der Waals surface area contributed by atoms with Gasteiger partial charge in [-0.3, -0.25) is 0 Å². The SMILES string of the molecule is CCc1ccc(NC(=O)c2bonc2C)c(C)c1. The summed E-state index contributed by atoms with van der Waals surface area (Å²) in [4.78, 5) is 12.0. The van der Waals surface area contributed by atoms with Gasteiger partial charge in [0.15, 0.2) is 0 Å². The van der Waals surface area contributed by atoms with Crippen LogP contribution in [0.2, 0.25) is 0 Å². The van der Waals surface area contributed by atoms with Gasteiger partial charge in [0.25, 0.3) is 0 Å². The van der Waals surface area contributed by atoms with Gasteiger partial charge in [-0.2, -0.15) is 0 Å². The molecule has 2 aromatic rings. The van der Waals surface area contributed by atoms with Crippen LogP contribution in [0.1, 0.15) is 34.0 Å². The number of amides is 1. The summed E-state index contributed by atoms with van der Waals surface area (Å²) < 4.78 is 4.76. The third-order valence-corrected chi connectivity index (χ3v) is 2.94. The third kappa shape index (κ3) is 2.50. The molecule has 0 aliphatic carbocycles. The van der Waals surface area contributed by atoms with Crippen molar-refractivity contribution in [1.82, 2.24) is 5.16 Å². The number of carbonyl (C=O) groups excluding carboxylic acids is 1. The van der Waals surface area contributed by atoms with Crippen molar-refractivity contribution in [2.24, 2.45) is 0 Å². The summed E-state index contributed by atoms with van der Waals surface area (Å²) in [5.74, 6) is -0.193. The van der Waals surface area contributed by atoms with Gasteiger partial charge in [0.1, 0.15) is 0 Å². The van der Waals surface area contributed by atoms with E-state index in [2.05, 4.69) is 23.5 Å². The minimum absolute atomic E-state index is 0.193. The van der Waals surface area contributed by atoms with Crippen LogP contribution in [0.5, 0.6) is 0 Å². The topological polar surface area (TPSA) is 55.1 Å². The van der Waals surface area contributed by atoms with E-state index in [0.29, 0.717) is 11.2 Å². The van der Waals surface area contributed by atoms with E-state index in [9.17, 15) is 4.79 Å². The van der Waals surface area contributed by atoms with Crippen molar-refractivity contribution in [2.75, 3.05) is 5.32 Å². The molecule has 0 unspecified atom stereocenters. The van der Waals surface area contributed by atoms with Crippen LogP contribution >= 0.6 is 0 Å². The van der Waals surface area contributed by atoms with Crippen LogP contribution in [0.3, 0.4) is 0 Å². The molecule has 0 radical (unpaired) electrons. The van der Waals surface area contributed by atoms with Crippen molar-refractivity contribution in [3.05, 3.63) is 40.5 Å². The summed E-state index contributed by atoms with van der Waals surface area (Å²) in [6.45, 7) is 5.83. The molecule has 2 rings (SSSR count). The first-order valence-corrected chi connectivity index (χ1v) is 5.93. The van der Waals surface area contributed by atoms with Crippen molar-refractivity contribution >= 4 is 18.7 Å². The number of anilines is 1. The van der Waals surface area contributed by atoms with Crippen molar-refractivity contribution in [3.8, 4) is 0 Å². The summed E-state index contributed by atoms with van der Waals surface area (Å²) in [5.41, 5.74) is 4.19. The number of hydrogen-bond donors (Lipinski definition) is 1. The van der Waals surface area contributed by atoms with Crippen molar-refractivity contribution < 1.29 is 9.23 Å². The normalized spacial score (nSPS) is 10.2. The zero-order valence-electron chi connectivity index (χ0n) is 10.8. The second-order valence-electron chi connectivity index (χ2n) is 4.27. The molecule has 0 bridgehead atoms. The number of nitrogens with zero attached hydrogens (tertiary/aromatic N) is 1. The second kappa shape index (κ2) is 5.17. The Balaban J connectivity index is 2.20. The van der Waals surface area contributed by atoms with Gasteiger partial charge in [0.2, 0.25) is 0 Å². The molecule has 1 amide bonds. The van der Waals surface area contributed by atoms with Gasteiger partial charge < -0.3 is 0 Å². The van der Waals surface area contributed by atoms with Crippen LogP contribution in [0.25, 0.3) is 0 Å². The van der Waals surface area contributed by atoms with Crippen LogP contribution in [0.15, 0.2) is 22.6 Å². The number of rotatable bonds is 3. The maximum absolute atomic E-state index is 12.0. The van der Waals surface area contributed by atoms with Gasteiger partial charge in [-0.1, -0.05) is 0 Å². The van der Waals surface area contributed by atoms with Crippen LogP contribution in [-0.2, 0) is 6.42 Å². The first-order valence-electron chi connectivity index (χ1n) is 5.93. The molecule has 92 valence electrons. The van der Waals surface area contributed by atoms with Crippen LogP contribution in [0, 0.1) is 13.8 Å². The summed E-state index contributed by atoms with van der Waals surface area (Å²) in [6.07, 6.45) is 0.986. The molecule has 0 fully saturated rings.